The van der Waals surface area contributed by atoms with Gasteiger partial charge in [0.2, 0.25) is 0 Å². The Morgan fingerprint density at radius 3 is 2.41 bits per heavy atom. The summed E-state index contributed by atoms with van der Waals surface area (Å²) >= 11 is 0. The van der Waals surface area contributed by atoms with Gasteiger partial charge in [-0.05, 0) is 19.1 Å². The molecule has 0 heterocycles. The minimum atomic E-state index is -1.41. The van der Waals surface area contributed by atoms with Gasteiger partial charge < -0.3 is 5.11 Å². The summed E-state index contributed by atoms with van der Waals surface area (Å²) in [5, 5.41) is 19.5. The van der Waals surface area contributed by atoms with Crippen LogP contribution in [0.3, 0.4) is 0 Å². The summed E-state index contributed by atoms with van der Waals surface area (Å²) in [7, 11) is 0. The van der Waals surface area contributed by atoms with Gasteiger partial charge in [-0.3, -0.25) is 14.9 Å². The smallest absolute Gasteiger partial charge is 0.339 e. The van der Waals surface area contributed by atoms with E-state index in [0.29, 0.717) is 0 Å². The number of hydrogen-bond acceptors (Lipinski definition) is 4. The third-order valence-corrected chi connectivity index (χ3v) is 2.04. The average Bonchev–Trinajstić information content (AvgIpc) is 2.25. The number of hydrogen-bond donors (Lipinski definition) is 1. The molecule has 0 aliphatic carbocycles. The first-order valence-electron chi connectivity index (χ1n) is 4.63. The van der Waals surface area contributed by atoms with Crippen molar-refractivity contribution in [1.82, 2.24) is 0 Å². The van der Waals surface area contributed by atoms with Crippen molar-refractivity contribution >= 4 is 23.5 Å². The molecule has 0 aromatic heterocycles. The molecule has 0 fully saturated rings. The topological polar surface area (TPSA) is 97.5 Å². The lowest BCUT2D eigenvalue weighted by molar-refractivity contribution is -0.385. The molecule has 0 atom stereocenters. The van der Waals surface area contributed by atoms with Gasteiger partial charge in [-0.25, -0.2) is 4.79 Å². The van der Waals surface area contributed by atoms with Crippen molar-refractivity contribution in [2.75, 3.05) is 0 Å². The lowest BCUT2D eigenvalue weighted by atomic mass is 10.1. The molecular weight excluding hydrogens is 226 g/mol. The van der Waals surface area contributed by atoms with Gasteiger partial charge in [0.1, 0.15) is 5.57 Å². The number of nitro groups is 1. The third-order valence-electron chi connectivity index (χ3n) is 2.04. The van der Waals surface area contributed by atoms with Gasteiger partial charge in [-0.2, -0.15) is 0 Å². The van der Waals surface area contributed by atoms with Crippen LogP contribution in [-0.4, -0.2) is 21.8 Å². The highest BCUT2D eigenvalue weighted by atomic mass is 16.6. The first kappa shape index (κ1) is 12.6. The fraction of sp³-hybridized carbons (Fsp3) is 0.0909. The highest BCUT2D eigenvalue weighted by molar-refractivity contribution is 6.19. The Morgan fingerprint density at radius 1 is 1.35 bits per heavy atom. The second kappa shape index (κ2) is 5.02. The quantitative estimate of drug-likeness (QED) is 0.281. The van der Waals surface area contributed by atoms with E-state index in [0.717, 1.165) is 13.0 Å². The Morgan fingerprint density at radius 2 is 1.94 bits per heavy atom. The molecule has 6 nitrogen and oxygen atoms in total. The maximum atomic E-state index is 11.1. The van der Waals surface area contributed by atoms with Gasteiger partial charge in [-0.1, -0.05) is 12.1 Å². The summed E-state index contributed by atoms with van der Waals surface area (Å²) in [4.78, 5) is 31.9. The van der Waals surface area contributed by atoms with E-state index in [1.807, 2.05) is 0 Å². The Balaban J connectivity index is 3.34. The number of nitrogens with zero attached hydrogens (tertiary/aromatic N) is 1. The molecule has 1 N–H and O–H groups in total. The lowest BCUT2D eigenvalue weighted by Crippen LogP contribution is -2.08. The van der Waals surface area contributed by atoms with Gasteiger partial charge >= 0.3 is 5.97 Å². The molecular formula is C11H9NO5. The largest absolute Gasteiger partial charge is 0.478 e. The van der Waals surface area contributed by atoms with Crippen molar-refractivity contribution in [2.24, 2.45) is 0 Å². The van der Waals surface area contributed by atoms with E-state index in [4.69, 9.17) is 5.11 Å². The maximum Gasteiger partial charge on any atom is 0.339 e. The van der Waals surface area contributed by atoms with Crippen LogP contribution in [0.5, 0.6) is 0 Å². The predicted octanol–water partition coefficient (Wildman–Crippen LogP) is 1.65. The summed E-state index contributed by atoms with van der Waals surface area (Å²) in [6.07, 6.45) is 1.00. The monoisotopic (exact) mass is 235 g/mol. The Hall–Kier alpha value is -2.50. The molecule has 0 saturated heterocycles. The number of carbonyl (C=O) groups excluding carboxylic acids is 1. The highest BCUT2D eigenvalue weighted by Gasteiger charge is 2.16. The average molecular weight is 235 g/mol. The molecule has 0 radical (unpaired) electrons. The molecule has 0 bridgehead atoms. The van der Waals surface area contributed by atoms with Gasteiger partial charge in [0, 0.05) is 6.07 Å². The van der Waals surface area contributed by atoms with Crippen LogP contribution < -0.4 is 0 Å². The Bertz CT molecular complexity index is 502. The molecule has 0 saturated carbocycles. The number of ketones is 1. The molecule has 0 amide bonds. The minimum Gasteiger partial charge on any atom is -0.478 e. The van der Waals surface area contributed by atoms with Crippen LogP contribution in [-0.2, 0) is 9.59 Å². The van der Waals surface area contributed by atoms with E-state index >= 15 is 0 Å². The van der Waals surface area contributed by atoms with E-state index < -0.39 is 22.2 Å². The Kier molecular flexibility index (Phi) is 3.71. The number of para-hydroxylation sites is 1. The molecule has 6 heteroatoms. The molecule has 17 heavy (non-hydrogen) atoms. The maximum absolute atomic E-state index is 11.1. The van der Waals surface area contributed by atoms with E-state index in [1.165, 1.54) is 24.3 Å². The zero-order chi connectivity index (χ0) is 13.0. The number of aliphatic carboxylic acids is 1. The van der Waals surface area contributed by atoms with E-state index in [1.54, 1.807) is 0 Å². The predicted molar refractivity (Wildman–Crippen MR) is 59.4 cm³/mol. The zero-order valence-electron chi connectivity index (χ0n) is 8.91. The number of carboxylic acids is 1. The van der Waals surface area contributed by atoms with Crippen molar-refractivity contribution in [3.63, 3.8) is 0 Å². The van der Waals surface area contributed by atoms with Crippen molar-refractivity contribution < 1.29 is 19.6 Å². The number of carbonyl (C=O) groups is 2. The number of benzene rings is 1. The normalized spacial score (nSPS) is 11.0. The number of nitro benzene ring substituents is 1. The fourth-order valence-electron chi connectivity index (χ4n) is 1.25. The first-order chi connectivity index (χ1) is 7.93. The van der Waals surface area contributed by atoms with Crippen LogP contribution >= 0.6 is 0 Å². The fourth-order valence-corrected chi connectivity index (χ4v) is 1.25. The second-order valence-corrected chi connectivity index (χ2v) is 3.24. The summed E-state index contributed by atoms with van der Waals surface area (Å²) < 4.78 is 0. The Labute approximate surface area is 96.3 Å². The third kappa shape index (κ3) is 2.97. The van der Waals surface area contributed by atoms with Crippen LogP contribution in [0.15, 0.2) is 29.8 Å². The molecule has 0 aliphatic rings. The van der Waals surface area contributed by atoms with Crippen molar-refractivity contribution in [3.05, 3.63) is 45.5 Å². The first-order valence-corrected chi connectivity index (χ1v) is 4.63. The van der Waals surface area contributed by atoms with Crippen LogP contribution in [0, 0.1) is 10.1 Å². The van der Waals surface area contributed by atoms with E-state index in [-0.39, 0.29) is 11.3 Å². The minimum absolute atomic E-state index is 0.0881. The van der Waals surface area contributed by atoms with E-state index in [2.05, 4.69) is 0 Å². The van der Waals surface area contributed by atoms with Crippen LogP contribution in [0.25, 0.3) is 6.08 Å². The van der Waals surface area contributed by atoms with Gasteiger partial charge in [0.25, 0.3) is 5.69 Å². The standard InChI is InChI=1S/C11H9NO5/c1-7(13)9(11(14)15)6-8-4-2-3-5-10(8)12(16)17/h2-6H,1H3,(H,14,15). The van der Waals surface area contributed by atoms with Gasteiger partial charge in [0.05, 0.1) is 10.5 Å². The van der Waals surface area contributed by atoms with Crippen molar-refractivity contribution in [2.45, 2.75) is 6.92 Å². The molecule has 88 valence electrons. The second-order valence-electron chi connectivity index (χ2n) is 3.24. The molecule has 1 rings (SSSR count). The molecule has 1 aromatic carbocycles. The summed E-state index contributed by atoms with van der Waals surface area (Å²) in [6, 6.07) is 5.61. The molecule has 0 aliphatic heterocycles. The number of rotatable bonds is 4. The molecule has 0 unspecified atom stereocenters. The van der Waals surface area contributed by atoms with Gasteiger partial charge in [0.15, 0.2) is 5.78 Å². The van der Waals surface area contributed by atoms with E-state index in [9.17, 15) is 19.7 Å². The van der Waals surface area contributed by atoms with Crippen LogP contribution in [0.1, 0.15) is 12.5 Å². The van der Waals surface area contributed by atoms with Crippen molar-refractivity contribution in [1.29, 1.82) is 0 Å². The molecule has 1 aromatic rings. The highest BCUT2D eigenvalue weighted by Crippen LogP contribution is 2.20. The van der Waals surface area contributed by atoms with Gasteiger partial charge in [-0.15, -0.1) is 0 Å². The summed E-state index contributed by atoms with van der Waals surface area (Å²) in [5.74, 6) is -2.06. The zero-order valence-corrected chi connectivity index (χ0v) is 8.91. The number of carboxylic acid groups (broad SMARTS) is 1. The molecule has 0 spiro atoms. The lowest BCUT2D eigenvalue weighted by Gasteiger charge is -1.99. The van der Waals surface area contributed by atoms with Crippen molar-refractivity contribution in [3.8, 4) is 0 Å². The van der Waals surface area contributed by atoms with Crippen LogP contribution in [0.2, 0.25) is 0 Å². The van der Waals surface area contributed by atoms with Crippen LogP contribution in [0.4, 0.5) is 5.69 Å². The summed E-state index contributed by atoms with van der Waals surface area (Å²) in [6.45, 7) is 1.09. The SMILES string of the molecule is CC(=O)C(=Cc1ccccc1[N+](=O)[O-])C(=O)O. The number of Topliss-reactive ketones (excluding diaryl/α,β-unsaturated/α-hetero) is 1. The summed E-state index contributed by atoms with van der Waals surface area (Å²) in [5.41, 5.74) is -0.642.